The van der Waals surface area contributed by atoms with Gasteiger partial charge in [-0.3, -0.25) is 0 Å². The zero-order valence-electron chi connectivity index (χ0n) is 10.8. The van der Waals surface area contributed by atoms with Gasteiger partial charge >= 0.3 is 0 Å². The van der Waals surface area contributed by atoms with Crippen molar-refractivity contribution >= 4 is 17.3 Å². The Morgan fingerprint density at radius 3 is 2.76 bits per heavy atom. The summed E-state index contributed by atoms with van der Waals surface area (Å²) in [6.45, 7) is 4.43. The Morgan fingerprint density at radius 1 is 1.29 bits per heavy atom. The number of benzene rings is 1. The molecule has 1 nitrogen and oxygen atoms in total. The number of nitrogens with one attached hydrogen (secondary N) is 1. The molecule has 1 aromatic rings. The van der Waals surface area contributed by atoms with Crippen LogP contribution >= 0.6 is 11.6 Å². The van der Waals surface area contributed by atoms with Crippen LogP contribution in [0.15, 0.2) is 18.2 Å². The molecule has 1 aliphatic carbocycles. The zero-order valence-corrected chi connectivity index (χ0v) is 11.6. The molecule has 0 bridgehead atoms. The molecule has 17 heavy (non-hydrogen) atoms. The lowest BCUT2D eigenvalue weighted by atomic mass is 9.82. The van der Waals surface area contributed by atoms with Crippen LogP contribution in [0, 0.1) is 12.8 Å². The Morgan fingerprint density at radius 2 is 2.06 bits per heavy atom. The molecule has 0 spiro atoms. The summed E-state index contributed by atoms with van der Waals surface area (Å²) in [5, 5.41) is 4.54. The van der Waals surface area contributed by atoms with Crippen LogP contribution in [0.3, 0.4) is 0 Å². The van der Waals surface area contributed by atoms with E-state index in [0.29, 0.717) is 6.04 Å². The highest BCUT2D eigenvalue weighted by molar-refractivity contribution is 6.30. The first-order valence-electron chi connectivity index (χ1n) is 6.73. The molecule has 0 saturated heterocycles. The van der Waals surface area contributed by atoms with Crippen molar-refractivity contribution in [1.29, 1.82) is 0 Å². The minimum Gasteiger partial charge on any atom is -0.382 e. The molecule has 2 heteroatoms. The Hall–Kier alpha value is -0.690. The molecule has 2 rings (SSSR count). The second-order valence-corrected chi connectivity index (χ2v) is 5.60. The predicted molar refractivity (Wildman–Crippen MR) is 75.8 cm³/mol. The van der Waals surface area contributed by atoms with Gasteiger partial charge in [0, 0.05) is 16.8 Å². The summed E-state index contributed by atoms with van der Waals surface area (Å²) in [6.07, 6.45) is 6.72. The average molecular weight is 252 g/mol. The van der Waals surface area contributed by atoms with E-state index in [1.807, 2.05) is 12.1 Å². The van der Waals surface area contributed by atoms with E-state index in [-0.39, 0.29) is 0 Å². The number of aryl methyl sites for hydroxylation is 1. The third-order valence-corrected chi connectivity index (χ3v) is 4.20. The van der Waals surface area contributed by atoms with Gasteiger partial charge in [-0.15, -0.1) is 0 Å². The lowest BCUT2D eigenvalue weighted by Crippen LogP contribution is -2.32. The highest BCUT2D eigenvalue weighted by Crippen LogP contribution is 2.30. The van der Waals surface area contributed by atoms with Crippen LogP contribution in [-0.4, -0.2) is 6.04 Å². The lowest BCUT2D eigenvalue weighted by Gasteiger charge is -2.32. The SMILES string of the molecule is CCC1CCCCC1Nc1ccc(Cl)cc1C. The van der Waals surface area contributed by atoms with Crippen LogP contribution in [0.25, 0.3) is 0 Å². The van der Waals surface area contributed by atoms with E-state index in [4.69, 9.17) is 11.6 Å². The molecule has 2 atom stereocenters. The molecule has 0 amide bonds. The third kappa shape index (κ3) is 3.16. The van der Waals surface area contributed by atoms with Gasteiger partial charge in [0.1, 0.15) is 0 Å². The van der Waals surface area contributed by atoms with Gasteiger partial charge < -0.3 is 5.32 Å². The Balaban J connectivity index is 2.08. The first-order valence-corrected chi connectivity index (χ1v) is 7.11. The zero-order chi connectivity index (χ0) is 12.3. The van der Waals surface area contributed by atoms with E-state index >= 15 is 0 Å². The average Bonchev–Trinajstić information content (AvgIpc) is 2.33. The topological polar surface area (TPSA) is 12.0 Å². The standard InChI is InChI=1S/C15H22ClN/c1-3-12-6-4-5-7-15(12)17-14-9-8-13(16)10-11(14)2/h8-10,12,15,17H,3-7H2,1-2H3. The van der Waals surface area contributed by atoms with Gasteiger partial charge in [0.25, 0.3) is 0 Å². The van der Waals surface area contributed by atoms with E-state index in [1.54, 1.807) is 0 Å². The summed E-state index contributed by atoms with van der Waals surface area (Å²) in [6, 6.07) is 6.77. The van der Waals surface area contributed by atoms with Gasteiger partial charge in [-0.05, 0) is 49.4 Å². The van der Waals surface area contributed by atoms with Crippen molar-refractivity contribution in [1.82, 2.24) is 0 Å². The Labute approximate surface area is 110 Å². The molecule has 1 aromatic carbocycles. The van der Waals surface area contributed by atoms with Gasteiger partial charge in [-0.25, -0.2) is 0 Å². The first kappa shape index (κ1) is 12.8. The quantitative estimate of drug-likeness (QED) is 0.795. The Bertz CT molecular complexity index is 375. The smallest absolute Gasteiger partial charge is 0.0410 e. The number of hydrogen-bond acceptors (Lipinski definition) is 1. The fourth-order valence-electron chi connectivity index (χ4n) is 2.88. The molecular weight excluding hydrogens is 230 g/mol. The van der Waals surface area contributed by atoms with Crippen molar-refractivity contribution in [2.45, 2.75) is 52.0 Å². The minimum atomic E-state index is 0.647. The van der Waals surface area contributed by atoms with Gasteiger partial charge in [0.05, 0.1) is 0 Å². The maximum atomic E-state index is 5.99. The molecule has 0 aromatic heterocycles. The van der Waals surface area contributed by atoms with Crippen molar-refractivity contribution in [3.63, 3.8) is 0 Å². The van der Waals surface area contributed by atoms with Crippen molar-refractivity contribution in [3.05, 3.63) is 28.8 Å². The van der Waals surface area contributed by atoms with Crippen LogP contribution in [0.5, 0.6) is 0 Å². The lowest BCUT2D eigenvalue weighted by molar-refractivity contribution is 0.317. The number of rotatable bonds is 3. The molecule has 0 aliphatic heterocycles. The molecule has 0 heterocycles. The van der Waals surface area contributed by atoms with Crippen molar-refractivity contribution in [2.75, 3.05) is 5.32 Å². The summed E-state index contributed by atoms with van der Waals surface area (Å²) in [5.74, 6) is 0.832. The van der Waals surface area contributed by atoms with Crippen LogP contribution in [0.1, 0.15) is 44.6 Å². The number of hydrogen-bond donors (Lipinski definition) is 1. The minimum absolute atomic E-state index is 0.647. The highest BCUT2D eigenvalue weighted by atomic mass is 35.5. The Kier molecular flexibility index (Phi) is 4.33. The van der Waals surface area contributed by atoms with Gasteiger partial charge in [0.15, 0.2) is 0 Å². The molecule has 2 unspecified atom stereocenters. The summed E-state index contributed by atoms with van der Waals surface area (Å²) < 4.78 is 0. The summed E-state index contributed by atoms with van der Waals surface area (Å²) in [7, 11) is 0. The van der Waals surface area contributed by atoms with Crippen LogP contribution in [0.4, 0.5) is 5.69 Å². The van der Waals surface area contributed by atoms with Crippen LogP contribution in [-0.2, 0) is 0 Å². The second kappa shape index (κ2) is 5.77. The fraction of sp³-hybridized carbons (Fsp3) is 0.600. The van der Waals surface area contributed by atoms with Gasteiger partial charge in [0.2, 0.25) is 0 Å². The molecule has 1 aliphatic rings. The largest absolute Gasteiger partial charge is 0.382 e. The molecule has 0 radical (unpaired) electrons. The van der Waals surface area contributed by atoms with Gasteiger partial charge in [-0.1, -0.05) is 37.8 Å². The molecule has 1 N–H and O–H groups in total. The fourth-order valence-corrected chi connectivity index (χ4v) is 3.10. The van der Waals surface area contributed by atoms with Gasteiger partial charge in [-0.2, -0.15) is 0 Å². The number of anilines is 1. The van der Waals surface area contributed by atoms with E-state index < -0.39 is 0 Å². The van der Waals surface area contributed by atoms with Crippen LogP contribution < -0.4 is 5.32 Å². The monoisotopic (exact) mass is 251 g/mol. The highest BCUT2D eigenvalue weighted by Gasteiger charge is 2.23. The molecule has 94 valence electrons. The first-order chi connectivity index (χ1) is 8.20. The van der Waals surface area contributed by atoms with E-state index in [9.17, 15) is 0 Å². The van der Waals surface area contributed by atoms with Crippen molar-refractivity contribution in [2.24, 2.45) is 5.92 Å². The molecular formula is C15H22ClN. The van der Waals surface area contributed by atoms with Crippen LogP contribution in [0.2, 0.25) is 5.02 Å². The van der Waals surface area contributed by atoms with E-state index in [0.717, 1.165) is 10.9 Å². The maximum Gasteiger partial charge on any atom is 0.0410 e. The predicted octanol–water partition coefficient (Wildman–Crippen LogP) is 5.03. The second-order valence-electron chi connectivity index (χ2n) is 5.16. The maximum absolute atomic E-state index is 5.99. The van der Waals surface area contributed by atoms with Crippen molar-refractivity contribution in [3.8, 4) is 0 Å². The summed E-state index contributed by atoms with van der Waals surface area (Å²) in [5.41, 5.74) is 2.50. The summed E-state index contributed by atoms with van der Waals surface area (Å²) >= 11 is 5.99. The number of halogens is 1. The van der Waals surface area contributed by atoms with E-state index in [1.165, 1.54) is 43.4 Å². The molecule has 1 fully saturated rings. The summed E-state index contributed by atoms with van der Waals surface area (Å²) in [4.78, 5) is 0. The third-order valence-electron chi connectivity index (χ3n) is 3.96. The van der Waals surface area contributed by atoms with Crippen molar-refractivity contribution < 1.29 is 0 Å². The molecule has 1 saturated carbocycles. The normalized spacial score (nSPS) is 24.6. The van der Waals surface area contributed by atoms with E-state index in [2.05, 4.69) is 25.2 Å².